The number of rotatable bonds is 6. The van der Waals surface area contributed by atoms with Crippen molar-refractivity contribution in [2.45, 2.75) is 18.1 Å². The minimum atomic E-state index is -3.35. The van der Waals surface area contributed by atoms with E-state index in [4.69, 9.17) is 5.26 Å². The predicted molar refractivity (Wildman–Crippen MR) is 83.4 cm³/mol. The summed E-state index contributed by atoms with van der Waals surface area (Å²) >= 11 is 0. The van der Waals surface area contributed by atoms with Crippen LogP contribution >= 0.6 is 0 Å². The first-order valence-electron chi connectivity index (χ1n) is 6.83. The smallest absolute Gasteiger partial charge is 0.161 e. The molecule has 0 spiro atoms. The fourth-order valence-corrected chi connectivity index (χ4v) is 4.26. The number of nitriles is 1. The first kappa shape index (κ1) is 15.3. The molecule has 0 unspecified atom stereocenters. The minimum Gasteiger partial charge on any atom is -0.228 e. The van der Waals surface area contributed by atoms with E-state index in [1.54, 1.807) is 0 Å². The van der Waals surface area contributed by atoms with Gasteiger partial charge < -0.3 is 0 Å². The maximum Gasteiger partial charge on any atom is 0.161 e. The van der Waals surface area contributed by atoms with Crippen molar-refractivity contribution in [3.63, 3.8) is 0 Å². The van der Waals surface area contributed by atoms with Crippen LogP contribution in [0.2, 0.25) is 0 Å². The van der Waals surface area contributed by atoms with Gasteiger partial charge in [-0.1, -0.05) is 60.7 Å². The van der Waals surface area contributed by atoms with Crippen LogP contribution in [-0.2, 0) is 9.84 Å². The average Bonchev–Trinajstić information content (AvgIpc) is 2.49. The summed E-state index contributed by atoms with van der Waals surface area (Å²) in [6.45, 7) is 0. The van der Waals surface area contributed by atoms with Crippen molar-refractivity contribution in [2.24, 2.45) is 0 Å². The van der Waals surface area contributed by atoms with Gasteiger partial charge in [0.25, 0.3) is 0 Å². The minimum absolute atomic E-state index is 0.0228. The van der Waals surface area contributed by atoms with Crippen LogP contribution in [0.4, 0.5) is 0 Å². The highest BCUT2D eigenvalue weighted by atomic mass is 32.2. The molecule has 0 atom stereocenters. The molecule has 0 saturated heterocycles. The third-order valence-corrected chi connectivity index (χ3v) is 5.40. The van der Waals surface area contributed by atoms with Gasteiger partial charge in [0.15, 0.2) is 9.84 Å². The second-order valence-electron chi connectivity index (χ2n) is 4.83. The number of unbranched alkanes of at least 4 members (excludes halogenated alkanes) is 1. The molecule has 0 aliphatic heterocycles. The normalized spacial score (nSPS) is 11.2. The van der Waals surface area contributed by atoms with Gasteiger partial charge in [0.1, 0.15) is 5.25 Å². The third-order valence-electron chi connectivity index (χ3n) is 3.28. The number of benzene rings is 2. The number of nitrogens with zero attached hydrogens (tertiary/aromatic N) is 1. The zero-order valence-corrected chi connectivity index (χ0v) is 12.5. The second-order valence-corrected chi connectivity index (χ2v) is 7.04. The van der Waals surface area contributed by atoms with Crippen molar-refractivity contribution in [1.82, 2.24) is 0 Å². The molecule has 0 radical (unpaired) electrons. The fraction of sp³-hybridized carbons (Fsp3) is 0.235. The molecule has 0 aliphatic carbocycles. The molecule has 0 aromatic heterocycles. The lowest BCUT2D eigenvalue weighted by molar-refractivity contribution is 0.586. The number of hydrogen-bond donors (Lipinski definition) is 0. The van der Waals surface area contributed by atoms with Crippen molar-refractivity contribution in [2.75, 3.05) is 5.75 Å². The standard InChI is InChI=1S/C17H17NO2S/c18-13-7-8-14-21(19,20)17(15-9-3-1-4-10-15)16-11-5-2-6-12-16/h1-6,9-12,17H,7-8,14H2. The van der Waals surface area contributed by atoms with Gasteiger partial charge in [-0.3, -0.25) is 0 Å². The van der Waals surface area contributed by atoms with E-state index in [1.165, 1.54) is 0 Å². The van der Waals surface area contributed by atoms with E-state index < -0.39 is 15.1 Å². The van der Waals surface area contributed by atoms with Gasteiger partial charge in [0, 0.05) is 6.42 Å². The summed E-state index contributed by atoms with van der Waals surface area (Å²) in [6.07, 6.45) is 0.629. The van der Waals surface area contributed by atoms with Crippen molar-refractivity contribution in [3.05, 3.63) is 71.8 Å². The quantitative estimate of drug-likeness (QED) is 0.767. The Bertz CT molecular complexity index is 664. The van der Waals surface area contributed by atoms with Gasteiger partial charge in [-0.05, 0) is 17.5 Å². The second kappa shape index (κ2) is 7.05. The largest absolute Gasteiger partial charge is 0.228 e. The number of hydrogen-bond acceptors (Lipinski definition) is 3. The highest BCUT2D eigenvalue weighted by Crippen LogP contribution is 2.31. The summed E-state index contributed by atoms with van der Waals surface area (Å²) in [5, 5.41) is 7.92. The van der Waals surface area contributed by atoms with E-state index in [9.17, 15) is 8.42 Å². The molecule has 4 heteroatoms. The molecule has 0 amide bonds. The lowest BCUT2D eigenvalue weighted by Gasteiger charge is -2.18. The van der Waals surface area contributed by atoms with Gasteiger partial charge >= 0.3 is 0 Å². The summed E-state index contributed by atoms with van der Waals surface area (Å²) in [4.78, 5) is 0. The van der Waals surface area contributed by atoms with Crippen molar-refractivity contribution >= 4 is 9.84 Å². The molecular weight excluding hydrogens is 282 g/mol. The Kier molecular flexibility index (Phi) is 5.13. The Labute approximate surface area is 125 Å². The lowest BCUT2D eigenvalue weighted by atomic mass is 10.0. The maximum absolute atomic E-state index is 12.7. The third kappa shape index (κ3) is 3.93. The molecule has 0 N–H and O–H groups in total. The maximum atomic E-state index is 12.7. The molecule has 2 aromatic rings. The highest BCUT2D eigenvalue weighted by Gasteiger charge is 2.28. The average molecular weight is 299 g/mol. The Balaban J connectivity index is 2.40. The molecule has 3 nitrogen and oxygen atoms in total. The summed E-state index contributed by atoms with van der Waals surface area (Å²) in [5.74, 6) is 0.0228. The highest BCUT2D eigenvalue weighted by molar-refractivity contribution is 7.91. The van der Waals surface area contributed by atoms with E-state index >= 15 is 0 Å². The van der Waals surface area contributed by atoms with Crippen LogP contribution in [0.1, 0.15) is 29.2 Å². The Morgan fingerprint density at radius 2 is 1.38 bits per heavy atom. The van der Waals surface area contributed by atoms with Crippen LogP contribution in [0.3, 0.4) is 0 Å². The Morgan fingerprint density at radius 3 is 1.81 bits per heavy atom. The summed E-state index contributed by atoms with van der Waals surface area (Å²) in [5.41, 5.74) is 1.53. The van der Waals surface area contributed by atoms with Gasteiger partial charge in [-0.25, -0.2) is 8.42 Å². The number of sulfone groups is 1. The van der Waals surface area contributed by atoms with Crippen LogP contribution in [-0.4, -0.2) is 14.2 Å². The summed E-state index contributed by atoms with van der Waals surface area (Å²) < 4.78 is 25.4. The molecular formula is C17H17NO2S. The van der Waals surface area contributed by atoms with Gasteiger partial charge in [-0.15, -0.1) is 0 Å². The van der Waals surface area contributed by atoms with E-state index in [2.05, 4.69) is 0 Å². The zero-order valence-electron chi connectivity index (χ0n) is 11.6. The van der Waals surface area contributed by atoms with E-state index in [-0.39, 0.29) is 12.2 Å². The lowest BCUT2D eigenvalue weighted by Crippen LogP contribution is -2.18. The van der Waals surface area contributed by atoms with Gasteiger partial charge in [-0.2, -0.15) is 5.26 Å². The zero-order chi connectivity index (χ0) is 15.1. The summed E-state index contributed by atoms with van der Waals surface area (Å²) in [7, 11) is -3.35. The van der Waals surface area contributed by atoms with Crippen molar-refractivity contribution < 1.29 is 8.42 Å². The molecule has 0 fully saturated rings. The predicted octanol–water partition coefficient (Wildman–Crippen LogP) is 3.49. The molecule has 2 rings (SSSR count). The van der Waals surface area contributed by atoms with Crippen molar-refractivity contribution in [1.29, 1.82) is 5.26 Å². The van der Waals surface area contributed by atoms with E-state index in [0.717, 1.165) is 11.1 Å². The van der Waals surface area contributed by atoms with Crippen LogP contribution < -0.4 is 0 Å². The fourth-order valence-electron chi connectivity index (χ4n) is 2.33. The molecule has 21 heavy (non-hydrogen) atoms. The molecule has 108 valence electrons. The molecule has 0 bridgehead atoms. The van der Waals surface area contributed by atoms with Crippen LogP contribution in [0.5, 0.6) is 0 Å². The molecule has 0 saturated carbocycles. The summed E-state index contributed by atoms with van der Waals surface area (Å²) in [6, 6.07) is 20.4. The Morgan fingerprint density at radius 1 is 0.905 bits per heavy atom. The molecule has 0 heterocycles. The first-order valence-corrected chi connectivity index (χ1v) is 8.55. The van der Waals surface area contributed by atoms with E-state index in [0.29, 0.717) is 6.42 Å². The SMILES string of the molecule is N#CCCCS(=O)(=O)C(c1ccccc1)c1ccccc1. The Hall–Kier alpha value is -2.12. The van der Waals surface area contributed by atoms with Gasteiger partial charge in [0.05, 0.1) is 11.8 Å². The van der Waals surface area contributed by atoms with Gasteiger partial charge in [0.2, 0.25) is 0 Å². The monoisotopic (exact) mass is 299 g/mol. The first-order chi connectivity index (χ1) is 10.1. The van der Waals surface area contributed by atoms with E-state index in [1.807, 2.05) is 66.7 Å². The molecule has 2 aromatic carbocycles. The molecule has 0 aliphatic rings. The van der Waals surface area contributed by atoms with Crippen molar-refractivity contribution in [3.8, 4) is 6.07 Å². The van der Waals surface area contributed by atoms with Crippen LogP contribution in [0.15, 0.2) is 60.7 Å². The topological polar surface area (TPSA) is 57.9 Å². The van der Waals surface area contributed by atoms with Crippen LogP contribution in [0, 0.1) is 11.3 Å². The van der Waals surface area contributed by atoms with Crippen LogP contribution in [0.25, 0.3) is 0 Å².